The van der Waals surface area contributed by atoms with Crippen LogP contribution in [0.1, 0.15) is 6.42 Å². The summed E-state index contributed by atoms with van der Waals surface area (Å²) in [5.74, 6) is 2.60. The Morgan fingerprint density at radius 1 is 1.39 bits per heavy atom. The van der Waals surface area contributed by atoms with Gasteiger partial charge in [0.25, 0.3) is 0 Å². The molecule has 0 unspecified atom stereocenters. The lowest BCUT2D eigenvalue weighted by Gasteiger charge is -2.21. The Balaban J connectivity index is 2.28. The molecule has 1 N–H and O–H groups in total. The summed E-state index contributed by atoms with van der Waals surface area (Å²) in [5, 5.41) is 2.94. The number of carbonyl (C=O) groups is 1. The molecule has 0 bridgehead atoms. The molecular formula is C13H23N3O2. The van der Waals surface area contributed by atoms with Crippen molar-refractivity contribution in [3.05, 3.63) is 0 Å². The van der Waals surface area contributed by atoms with E-state index in [1.54, 1.807) is 7.11 Å². The van der Waals surface area contributed by atoms with Crippen molar-refractivity contribution in [1.82, 2.24) is 15.1 Å². The summed E-state index contributed by atoms with van der Waals surface area (Å²) in [7, 11) is 1.71. The standard InChI is InChI=1S/C13H23N3O2/c1-3-5-14-12-13(17)16-7-4-6-15(8-9-16)10-11-18-2/h1,14H,4-12H2,2H3. The molecule has 102 valence electrons. The van der Waals surface area contributed by atoms with Gasteiger partial charge < -0.3 is 9.64 Å². The molecule has 1 aliphatic rings. The molecule has 0 aliphatic carbocycles. The summed E-state index contributed by atoms with van der Waals surface area (Å²) >= 11 is 0. The average Bonchev–Trinajstić information content (AvgIpc) is 2.62. The van der Waals surface area contributed by atoms with E-state index in [1.165, 1.54) is 0 Å². The molecule has 1 fully saturated rings. The highest BCUT2D eigenvalue weighted by atomic mass is 16.5. The van der Waals surface area contributed by atoms with Gasteiger partial charge in [0.15, 0.2) is 0 Å². The Morgan fingerprint density at radius 3 is 2.94 bits per heavy atom. The fraction of sp³-hybridized carbons (Fsp3) is 0.769. The van der Waals surface area contributed by atoms with Gasteiger partial charge >= 0.3 is 0 Å². The van der Waals surface area contributed by atoms with Gasteiger partial charge in [-0.15, -0.1) is 6.42 Å². The first-order valence-corrected chi connectivity index (χ1v) is 6.41. The summed E-state index contributed by atoms with van der Waals surface area (Å²) < 4.78 is 5.07. The third-order valence-corrected chi connectivity index (χ3v) is 3.06. The second-order valence-electron chi connectivity index (χ2n) is 4.38. The van der Waals surface area contributed by atoms with Crippen LogP contribution in [0.2, 0.25) is 0 Å². The minimum atomic E-state index is 0.138. The van der Waals surface area contributed by atoms with Gasteiger partial charge in [-0.25, -0.2) is 0 Å². The topological polar surface area (TPSA) is 44.8 Å². The van der Waals surface area contributed by atoms with Crippen LogP contribution in [0.4, 0.5) is 0 Å². The molecule has 0 aromatic carbocycles. The van der Waals surface area contributed by atoms with Gasteiger partial charge in [-0.05, 0) is 13.0 Å². The van der Waals surface area contributed by atoms with E-state index in [9.17, 15) is 4.79 Å². The number of terminal acetylenes is 1. The van der Waals surface area contributed by atoms with Crippen LogP contribution in [0.25, 0.3) is 0 Å². The van der Waals surface area contributed by atoms with Crippen molar-refractivity contribution in [3.63, 3.8) is 0 Å². The Kier molecular flexibility index (Phi) is 7.42. The van der Waals surface area contributed by atoms with Gasteiger partial charge in [0.1, 0.15) is 0 Å². The number of hydrogen-bond acceptors (Lipinski definition) is 4. The van der Waals surface area contributed by atoms with E-state index in [4.69, 9.17) is 11.2 Å². The minimum Gasteiger partial charge on any atom is -0.383 e. The van der Waals surface area contributed by atoms with Gasteiger partial charge in [0.05, 0.1) is 19.7 Å². The van der Waals surface area contributed by atoms with Crippen molar-refractivity contribution >= 4 is 5.91 Å². The van der Waals surface area contributed by atoms with Gasteiger partial charge in [-0.3, -0.25) is 15.0 Å². The maximum absolute atomic E-state index is 11.9. The van der Waals surface area contributed by atoms with Crippen LogP contribution in [-0.4, -0.2) is 75.2 Å². The Hall–Kier alpha value is -1.09. The third kappa shape index (κ3) is 5.50. The lowest BCUT2D eigenvalue weighted by molar-refractivity contribution is -0.130. The smallest absolute Gasteiger partial charge is 0.236 e. The highest BCUT2D eigenvalue weighted by Crippen LogP contribution is 2.03. The molecule has 5 heteroatoms. The van der Waals surface area contributed by atoms with E-state index in [1.807, 2.05) is 4.90 Å². The summed E-state index contributed by atoms with van der Waals surface area (Å²) in [5.41, 5.74) is 0. The monoisotopic (exact) mass is 253 g/mol. The minimum absolute atomic E-state index is 0.138. The lowest BCUT2D eigenvalue weighted by Crippen LogP contribution is -2.40. The second-order valence-corrected chi connectivity index (χ2v) is 4.38. The van der Waals surface area contributed by atoms with Crippen molar-refractivity contribution in [2.24, 2.45) is 0 Å². The second kappa shape index (κ2) is 8.92. The largest absolute Gasteiger partial charge is 0.383 e. The van der Waals surface area contributed by atoms with Crippen LogP contribution in [0.5, 0.6) is 0 Å². The maximum Gasteiger partial charge on any atom is 0.236 e. The highest BCUT2D eigenvalue weighted by molar-refractivity contribution is 5.78. The predicted octanol–water partition coefficient (Wildman–Crippen LogP) is -0.610. The SMILES string of the molecule is C#CCNCC(=O)N1CCCN(CCOC)CC1. The average molecular weight is 253 g/mol. The fourth-order valence-electron chi connectivity index (χ4n) is 2.02. The van der Waals surface area contributed by atoms with E-state index < -0.39 is 0 Å². The van der Waals surface area contributed by atoms with Gasteiger partial charge in [0, 0.05) is 33.3 Å². The van der Waals surface area contributed by atoms with Gasteiger partial charge in [0.2, 0.25) is 5.91 Å². The number of hydrogen-bond donors (Lipinski definition) is 1. The molecular weight excluding hydrogens is 230 g/mol. The van der Waals surface area contributed by atoms with E-state index >= 15 is 0 Å². The molecule has 1 rings (SSSR count). The van der Waals surface area contributed by atoms with Crippen LogP contribution in [0, 0.1) is 12.3 Å². The molecule has 0 saturated carbocycles. The number of methoxy groups -OCH3 is 1. The number of nitrogens with one attached hydrogen (secondary N) is 1. The van der Waals surface area contributed by atoms with Gasteiger partial charge in [-0.2, -0.15) is 0 Å². The zero-order valence-corrected chi connectivity index (χ0v) is 11.2. The van der Waals surface area contributed by atoms with Crippen LogP contribution in [-0.2, 0) is 9.53 Å². The Labute approximate surface area is 109 Å². The first-order chi connectivity index (χ1) is 8.77. The van der Waals surface area contributed by atoms with Crippen molar-refractivity contribution in [2.75, 3.05) is 59.5 Å². The summed E-state index contributed by atoms with van der Waals surface area (Å²) in [4.78, 5) is 16.1. The highest BCUT2D eigenvalue weighted by Gasteiger charge is 2.18. The van der Waals surface area contributed by atoms with E-state index in [2.05, 4.69) is 16.1 Å². The summed E-state index contributed by atoms with van der Waals surface area (Å²) in [6.07, 6.45) is 6.15. The maximum atomic E-state index is 11.9. The molecule has 0 atom stereocenters. The molecule has 18 heavy (non-hydrogen) atoms. The number of ether oxygens (including phenoxy) is 1. The zero-order valence-electron chi connectivity index (χ0n) is 11.2. The lowest BCUT2D eigenvalue weighted by atomic mass is 10.3. The predicted molar refractivity (Wildman–Crippen MR) is 71.2 cm³/mol. The molecule has 0 radical (unpaired) electrons. The molecule has 1 saturated heterocycles. The first-order valence-electron chi connectivity index (χ1n) is 6.41. The molecule has 0 spiro atoms. The zero-order chi connectivity index (χ0) is 13.2. The Bertz CT molecular complexity index is 288. The van der Waals surface area contributed by atoms with Crippen LogP contribution in [0.3, 0.4) is 0 Å². The number of rotatable bonds is 6. The molecule has 1 amide bonds. The third-order valence-electron chi connectivity index (χ3n) is 3.06. The van der Waals surface area contributed by atoms with Crippen molar-refractivity contribution in [2.45, 2.75) is 6.42 Å². The fourth-order valence-corrected chi connectivity index (χ4v) is 2.02. The van der Waals surface area contributed by atoms with E-state index in [0.29, 0.717) is 13.1 Å². The molecule has 1 heterocycles. The van der Waals surface area contributed by atoms with Crippen LogP contribution in [0.15, 0.2) is 0 Å². The molecule has 1 aliphatic heterocycles. The first kappa shape index (κ1) is 15.0. The van der Waals surface area contributed by atoms with Crippen molar-refractivity contribution in [1.29, 1.82) is 0 Å². The Morgan fingerprint density at radius 2 is 2.22 bits per heavy atom. The molecule has 0 aromatic rings. The summed E-state index contributed by atoms with van der Waals surface area (Å²) in [6.45, 7) is 6.04. The van der Waals surface area contributed by atoms with Crippen LogP contribution < -0.4 is 5.32 Å². The van der Waals surface area contributed by atoms with Crippen molar-refractivity contribution in [3.8, 4) is 12.3 Å². The number of carbonyl (C=O) groups excluding carboxylic acids is 1. The van der Waals surface area contributed by atoms with E-state index in [0.717, 1.165) is 45.8 Å². The van der Waals surface area contributed by atoms with Crippen molar-refractivity contribution < 1.29 is 9.53 Å². The van der Waals surface area contributed by atoms with Crippen LogP contribution >= 0.6 is 0 Å². The number of amides is 1. The van der Waals surface area contributed by atoms with E-state index in [-0.39, 0.29) is 5.91 Å². The normalized spacial score (nSPS) is 17.2. The molecule has 5 nitrogen and oxygen atoms in total. The quantitative estimate of drug-likeness (QED) is 0.507. The van der Waals surface area contributed by atoms with Gasteiger partial charge in [-0.1, -0.05) is 5.92 Å². The summed E-state index contributed by atoms with van der Waals surface area (Å²) in [6, 6.07) is 0. The molecule has 0 aromatic heterocycles. The number of nitrogens with zero attached hydrogens (tertiary/aromatic N) is 2.